The molecular formula is C13H12F3KN2O4S2. The van der Waals surface area contributed by atoms with Crippen LogP contribution in [-0.4, -0.2) is 36.4 Å². The number of hydrogen-bond donors (Lipinski definition) is 0. The van der Waals surface area contributed by atoms with E-state index in [2.05, 4.69) is 4.13 Å². The number of fused-ring (bicyclic) bond motifs is 1. The monoisotopic (exact) mass is 420 g/mol. The summed E-state index contributed by atoms with van der Waals surface area (Å²) in [5.74, 6) is 0. The number of anilines is 1. The first-order valence-corrected chi connectivity index (χ1v) is 9.24. The molecule has 0 atom stereocenters. The van der Waals surface area contributed by atoms with Crippen LogP contribution in [-0.2, 0) is 20.0 Å². The summed E-state index contributed by atoms with van der Waals surface area (Å²) in [6.45, 7) is 0. The fourth-order valence-corrected chi connectivity index (χ4v) is 4.49. The molecule has 0 aromatic heterocycles. The van der Waals surface area contributed by atoms with Gasteiger partial charge in [-0.3, -0.25) is 0 Å². The molecule has 0 N–H and O–H groups in total. The third kappa shape index (κ3) is 4.74. The summed E-state index contributed by atoms with van der Waals surface area (Å²) in [5, 5.41) is 0.507. The van der Waals surface area contributed by atoms with Crippen LogP contribution in [0.3, 0.4) is 0 Å². The van der Waals surface area contributed by atoms with Crippen molar-refractivity contribution in [2.24, 2.45) is 0 Å². The van der Waals surface area contributed by atoms with E-state index < -0.39 is 30.5 Å². The molecule has 0 amide bonds. The van der Waals surface area contributed by atoms with Gasteiger partial charge in [-0.25, -0.2) is 16.8 Å². The third-order valence-electron chi connectivity index (χ3n) is 3.11. The Morgan fingerprint density at radius 1 is 0.920 bits per heavy atom. The minimum absolute atomic E-state index is 0. The van der Waals surface area contributed by atoms with Crippen molar-refractivity contribution >= 4 is 36.5 Å². The number of halogens is 3. The predicted octanol–water partition coefficient (Wildman–Crippen LogP) is -0.178. The third-order valence-corrected chi connectivity index (χ3v) is 6.17. The zero-order valence-electron chi connectivity index (χ0n) is 13.4. The Morgan fingerprint density at radius 3 is 1.96 bits per heavy atom. The minimum Gasteiger partial charge on any atom is -0.424 e. The molecule has 12 heteroatoms. The molecule has 0 heterocycles. The molecule has 2 rings (SSSR count). The van der Waals surface area contributed by atoms with E-state index in [4.69, 9.17) is 0 Å². The van der Waals surface area contributed by atoms with Gasteiger partial charge in [0.25, 0.3) is 0 Å². The van der Waals surface area contributed by atoms with E-state index in [1.54, 1.807) is 31.1 Å². The second-order valence-electron chi connectivity index (χ2n) is 4.99. The average molecular weight is 420 g/mol. The molecule has 0 radical (unpaired) electrons. The number of sulfonamides is 2. The summed E-state index contributed by atoms with van der Waals surface area (Å²) in [5.41, 5.74) is -5.18. The molecular weight excluding hydrogens is 408 g/mol. The molecule has 0 saturated heterocycles. The Balaban J connectivity index is 0.00000312. The molecule has 0 aliphatic carbocycles. The van der Waals surface area contributed by atoms with Crippen molar-refractivity contribution in [3.8, 4) is 0 Å². The Hall–Kier alpha value is -0.214. The van der Waals surface area contributed by atoms with E-state index in [1.807, 2.05) is 0 Å². The van der Waals surface area contributed by atoms with Crippen molar-refractivity contribution in [3.05, 3.63) is 40.5 Å². The maximum absolute atomic E-state index is 12.4. The number of hydrogen-bond acceptors (Lipinski definition) is 5. The molecule has 0 fully saturated rings. The molecule has 0 unspecified atom stereocenters. The fraction of sp³-hybridized carbons (Fsp3) is 0.231. The summed E-state index contributed by atoms with van der Waals surface area (Å²) >= 11 is 0. The minimum atomic E-state index is -6.17. The van der Waals surface area contributed by atoms with Gasteiger partial charge in [0.15, 0.2) is 10.0 Å². The fourth-order valence-electron chi connectivity index (χ4n) is 2.09. The predicted molar refractivity (Wildman–Crippen MR) is 83.8 cm³/mol. The normalized spacial score (nSPS) is 12.7. The van der Waals surface area contributed by atoms with Gasteiger partial charge in [-0.1, -0.05) is 24.3 Å². The summed E-state index contributed by atoms with van der Waals surface area (Å²) < 4.78 is 85.8. The molecule has 2 aromatic carbocycles. The van der Waals surface area contributed by atoms with Crippen LogP contribution in [0.4, 0.5) is 18.9 Å². The van der Waals surface area contributed by atoms with Crippen LogP contribution >= 0.6 is 0 Å². The molecule has 0 bridgehead atoms. The molecule has 0 aliphatic heterocycles. The van der Waals surface area contributed by atoms with Crippen molar-refractivity contribution in [3.63, 3.8) is 0 Å². The number of alkyl halides is 3. The van der Waals surface area contributed by atoms with E-state index in [0.29, 0.717) is 11.1 Å². The number of nitrogens with zero attached hydrogens (tertiary/aromatic N) is 2. The Bertz CT molecular complexity index is 990. The van der Waals surface area contributed by atoms with Crippen LogP contribution in [0.1, 0.15) is 0 Å². The largest absolute Gasteiger partial charge is 1.00 e. The van der Waals surface area contributed by atoms with E-state index in [-0.39, 0.29) is 56.8 Å². The van der Waals surface area contributed by atoms with Gasteiger partial charge in [-0.05, 0) is 12.1 Å². The van der Waals surface area contributed by atoms with Crippen molar-refractivity contribution in [1.82, 2.24) is 0 Å². The van der Waals surface area contributed by atoms with Gasteiger partial charge < -0.3 is 9.03 Å². The van der Waals surface area contributed by atoms with Gasteiger partial charge in [0.1, 0.15) is 10.0 Å². The number of benzene rings is 2. The van der Waals surface area contributed by atoms with Gasteiger partial charge >= 0.3 is 56.9 Å². The SMILES string of the molecule is CN(C)c1cccc2c(S(=O)(=O)[N-]S(=O)(=O)C(F)(F)F)cccc12.[K+]. The van der Waals surface area contributed by atoms with Gasteiger partial charge in [0.05, 0.1) is 4.90 Å². The first kappa shape index (κ1) is 22.8. The van der Waals surface area contributed by atoms with Crippen LogP contribution in [0, 0.1) is 0 Å². The van der Waals surface area contributed by atoms with Crippen molar-refractivity contribution in [2.45, 2.75) is 10.4 Å². The first-order valence-electron chi connectivity index (χ1n) is 6.36. The quantitative estimate of drug-likeness (QED) is 0.641. The molecule has 25 heavy (non-hydrogen) atoms. The summed E-state index contributed by atoms with van der Waals surface area (Å²) in [4.78, 5) is 1.07. The zero-order chi connectivity index (χ0) is 18.3. The Morgan fingerprint density at radius 2 is 1.44 bits per heavy atom. The van der Waals surface area contributed by atoms with Gasteiger partial charge in [0, 0.05) is 30.6 Å². The maximum atomic E-state index is 12.4. The van der Waals surface area contributed by atoms with Crippen LogP contribution in [0.25, 0.3) is 14.9 Å². The summed E-state index contributed by atoms with van der Waals surface area (Å²) in [6, 6.07) is 8.44. The first-order chi connectivity index (χ1) is 10.9. The van der Waals surface area contributed by atoms with Crippen LogP contribution in [0.2, 0.25) is 0 Å². The molecule has 0 saturated carbocycles. The van der Waals surface area contributed by atoms with Crippen molar-refractivity contribution in [2.75, 3.05) is 19.0 Å². The van der Waals surface area contributed by atoms with Crippen molar-refractivity contribution < 1.29 is 81.4 Å². The van der Waals surface area contributed by atoms with E-state index in [1.165, 1.54) is 18.2 Å². The second kappa shape index (κ2) is 7.80. The zero-order valence-corrected chi connectivity index (χ0v) is 18.2. The average Bonchev–Trinajstić information content (AvgIpc) is 2.43. The molecule has 132 valence electrons. The smallest absolute Gasteiger partial charge is 0.424 e. The maximum Gasteiger partial charge on any atom is 1.00 e. The Labute approximate surface area is 185 Å². The van der Waals surface area contributed by atoms with Gasteiger partial charge in [0.2, 0.25) is 0 Å². The van der Waals surface area contributed by atoms with Crippen LogP contribution < -0.4 is 56.3 Å². The topological polar surface area (TPSA) is 85.6 Å². The van der Waals surface area contributed by atoms with E-state index in [0.717, 1.165) is 6.07 Å². The van der Waals surface area contributed by atoms with Gasteiger partial charge in [-0.2, -0.15) is 13.2 Å². The van der Waals surface area contributed by atoms with Crippen LogP contribution in [0.15, 0.2) is 41.3 Å². The standard InChI is InChI=1S/C13H12F3N2O4S2.K/c1-18(2)11-7-3-6-10-9(11)5-4-8-12(10)23(19,20)17-24(21,22)13(14,15)16;/h3-8H,1-2H3;/q-1;+1. The van der Waals surface area contributed by atoms with Crippen LogP contribution in [0.5, 0.6) is 0 Å². The molecule has 6 nitrogen and oxygen atoms in total. The number of rotatable bonds is 4. The summed E-state index contributed by atoms with van der Waals surface area (Å²) in [7, 11) is -7.84. The summed E-state index contributed by atoms with van der Waals surface area (Å²) in [6.07, 6.45) is 0. The van der Waals surface area contributed by atoms with Gasteiger partial charge in [-0.15, -0.1) is 0 Å². The van der Waals surface area contributed by atoms with E-state index >= 15 is 0 Å². The molecule has 0 spiro atoms. The second-order valence-corrected chi connectivity index (χ2v) is 8.39. The van der Waals surface area contributed by atoms with E-state index in [9.17, 15) is 30.0 Å². The molecule has 0 aliphatic rings. The molecule has 2 aromatic rings. The van der Waals surface area contributed by atoms with Crippen molar-refractivity contribution in [1.29, 1.82) is 0 Å². The Kier molecular flexibility index (Phi) is 7.12.